The summed E-state index contributed by atoms with van der Waals surface area (Å²) in [7, 11) is -1.76. The Kier molecular flexibility index (Phi) is 4.53. The number of ether oxygens (including phenoxy) is 1. The van der Waals surface area contributed by atoms with Crippen LogP contribution in [0.25, 0.3) is 0 Å². The van der Waals surface area contributed by atoms with Gasteiger partial charge < -0.3 is 14.8 Å². The highest BCUT2D eigenvalue weighted by Crippen LogP contribution is 2.18. The molecule has 0 aliphatic heterocycles. The maximum absolute atomic E-state index is 13.6. The smallest absolute Gasteiger partial charge is 0.486 e. The lowest BCUT2D eigenvalue weighted by Gasteiger charge is -2.10. The lowest BCUT2D eigenvalue weighted by molar-refractivity contribution is 0.285. The summed E-state index contributed by atoms with van der Waals surface area (Å²) in [4.78, 5) is 0. The average molecular weight is 289 g/mol. The van der Waals surface area contributed by atoms with E-state index in [4.69, 9.17) is 20.0 Å². The Morgan fingerprint density at radius 2 is 1.81 bits per heavy atom. The lowest BCUT2D eigenvalue weighted by Crippen LogP contribution is -2.29. The molecule has 0 unspecified atom stereocenters. The normalized spacial score (nSPS) is 10.0. The van der Waals surface area contributed by atoms with Gasteiger partial charge in [0.05, 0.1) is 11.6 Å². The second-order valence-corrected chi connectivity index (χ2v) is 4.27. The summed E-state index contributed by atoms with van der Waals surface area (Å²) in [6.07, 6.45) is 0. The third kappa shape index (κ3) is 3.57. The van der Waals surface area contributed by atoms with Crippen LogP contribution < -0.4 is 10.2 Å². The number of halogens is 2. The van der Waals surface area contributed by atoms with Crippen LogP contribution >= 0.6 is 0 Å². The molecule has 0 aliphatic rings. The van der Waals surface area contributed by atoms with Crippen LogP contribution in [-0.4, -0.2) is 17.2 Å². The molecule has 106 valence electrons. The first-order valence-corrected chi connectivity index (χ1v) is 5.98. The minimum atomic E-state index is -1.76. The van der Waals surface area contributed by atoms with E-state index < -0.39 is 18.8 Å². The molecule has 0 radical (unpaired) electrons. The molecular weight excluding hydrogens is 279 g/mol. The molecule has 0 fully saturated rings. The molecule has 4 nitrogen and oxygen atoms in total. The van der Waals surface area contributed by atoms with E-state index in [-0.39, 0.29) is 28.9 Å². The molecule has 0 amide bonds. The molecule has 7 heteroatoms. The van der Waals surface area contributed by atoms with Gasteiger partial charge in [-0.3, -0.25) is 0 Å². The van der Waals surface area contributed by atoms with Crippen molar-refractivity contribution in [3.63, 3.8) is 0 Å². The van der Waals surface area contributed by atoms with Gasteiger partial charge in [-0.2, -0.15) is 5.26 Å². The summed E-state index contributed by atoms with van der Waals surface area (Å²) < 4.78 is 32.2. The van der Waals surface area contributed by atoms with E-state index in [1.807, 2.05) is 6.07 Å². The van der Waals surface area contributed by atoms with Gasteiger partial charge in [0, 0.05) is 5.56 Å². The van der Waals surface area contributed by atoms with E-state index >= 15 is 0 Å². The van der Waals surface area contributed by atoms with E-state index in [9.17, 15) is 8.78 Å². The van der Waals surface area contributed by atoms with Crippen LogP contribution in [0.1, 0.15) is 11.1 Å². The topological polar surface area (TPSA) is 73.5 Å². The second kappa shape index (κ2) is 6.35. The highest BCUT2D eigenvalue weighted by Gasteiger charge is 2.15. The van der Waals surface area contributed by atoms with Crippen LogP contribution in [0, 0.1) is 23.0 Å². The van der Waals surface area contributed by atoms with E-state index in [1.54, 1.807) is 0 Å². The number of nitriles is 1. The van der Waals surface area contributed by atoms with E-state index in [2.05, 4.69) is 0 Å². The third-order valence-corrected chi connectivity index (χ3v) is 2.81. The maximum atomic E-state index is 13.6. The minimum absolute atomic E-state index is 0.0534. The van der Waals surface area contributed by atoms with Gasteiger partial charge in [0.25, 0.3) is 0 Å². The van der Waals surface area contributed by atoms with E-state index in [0.717, 1.165) is 18.2 Å². The van der Waals surface area contributed by atoms with Crippen molar-refractivity contribution in [3.8, 4) is 11.8 Å². The van der Waals surface area contributed by atoms with E-state index in [0.29, 0.717) is 0 Å². The van der Waals surface area contributed by atoms with Crippen molar-refractivity contribution in [2.45, 2.75) is 6.61 Å². The molecule has 0 aliphatic carbocycles. The van der Waals surface area contributed by atoms with Gasteiger partial charge in [-0.25, -0.2) is 8.78 Å². The number of rotatable bonds is 4. The second-order valence-electron chi connectivity index (χ2n) is 4.27. The van der Waals surface area contributed by atoms with Gasteiger partial charge in [0.1, 0.15) is 12.4 Å². The van der Waals surface area contributed by atoms with Crippen LogP contribution in [0.2, 0.25) is 0 Å². The van der Waals surface area contributed by atoms with E-state index in [1.165, 1.54) is 18.2 Å². The highest BCUT2D eigenvalue weighted by molar-refractivity contribution is 6.58. The van der Waals surface area contributed by atoms with Crippen molar-refractivity contribution < 1.29 is 23.6 Å². The van der Waals surface area contributed by atoms with Crippen molar-refractivity contribution >= 4 is 12.6 Å². The molecule has 0 atom stereocenters. The molecule has 2 aromatic carbocycles. The van der Waals surface area contributed by atoms with Crippen molar-refractivity contribution in [2.75, 3.05) is 0 Å². The SMILES string of the molecule is N#Cc1ccc(F)c(COc2cc(B(O)O)ccc2F)c1. The van der Waals surface area contributed by atoms with Gasteiger partial charge in [-0.15, -0.1) is 0 Å². The molecule has 2 aromatic rings. The molecule has 0 heterocycles. The zero-order valence-corrected chi connectivity index (χ0v) is 10.8. The predicted molar refractivity (Wildman–Crippen MR) is 71.7 cm³/mol. The first kappa shape index (κ1) is 15.0. The van der Waals surface area contributed by atoms with Gasteiger partial charge in [-0.1, -0.05) is 6.07 Å². The fraction of sp³-hybridized carbons (Fsp3) is 0.0714. The largest absolute Gasteiger partial charge is 0.488 e. The number of hydrogen-bond acceptors (Lipinski definition) is 4. The van der Waals surface area contributed by atoms with Gasteiger partial charge in [0.15, 0.2) is 11.6 Å². The monoisotopic (exact) mass is 289 g/mol. The van der Waals surface area contributed by atoms with Gasteiger partial charge in [0.2, 0.25) is 0 Å². The summed E-state index contributed by atoms with van der Waals surface area (Å²) in [5, 5.41) is 26.8. The molecule has 0 spiro atoms. The van der Waals surface area contributed by atoms with Gasteiger partial charge in [-0.05, 0) is 35.8 Å². The van der Waals surface area contributed by atoms with Crippen LogP contribution in [0.15, 0.2) is 36.4 Å². The quantitative estimate of drug-likeness (QED) is 0.826. The average Bonchev–Trinajstić information content (AvgIpc) is 2.47. The number of benzene rings is 2. The minimum Gasteiger partial charge on any atom is -0.486 e. The Hall–Kier alpha value is -2.43. The molecule has 2 rings (SSSR count). The Balaban J connectivity index is 2.20. The molecule has 21 heavy (non-hydrogen) atoms. The maximum Gasteiger partial charge on any atom is 0.488 e. The Morgan fingerprint density at radius 1 is 1.10 bits per heavy atom. The third-order valence-electron chi connectivity index (χ3n) is 2.81. The number of nitrogens with zero attached hydrogens (tertiary/aromatic N) is 1. The fourth-order valence-electron chi connectivity index (χ4n) is 1.70. The zero-order chi connectivity index (χ0) is 15.4. The van der Waals surface area contributed by atoms with Crippen molar-refractivity contribution in [2.24, 2.45) is 0 Å². The fourth-order valence-corrected chi connectivity index (χ4v) is 1.70. The number of hydrogen-bond donors (Lipinski definition) is 2. The summed E-state index contributed by atoms with van der Waals surface area (Å²) in [6.45, 7) is -0.288. The van der Waals surface area contributed by atoms with Crippen LogP contribution in [0.3, 0.4) is 0 Å². The molecule has 0 saturated heterocycles. The van der Waals surface area contributed by atoms with Crippen molar-refractivity contribution in [3.05, 3.63) is 59.2 Å². The standard InChI is InChI=1S/C14H10BF2NO3/c16-12-3-1-9(7-18)5-10(12)8-21-14-6-11(15(19)20)2-4-13(14)17/h1-6,19-20H,8H2. The lowest BCUT2D eigenvalue weighted by atomic mass is 9.80. The highest BCUT2D eigenvalue weighted by atomic mass is 19.1. The molecule has 0 aromatic heterocycles. The Morgan fingerprint density at radius 3 is 2.48 bits per heavy atom. The Bertz CT molecular complexity index is 701. The molecule has 0 saturated carbocycles. The van der Waals surface area contributed by atoms with Crippen molar-refractivity contribution in [1.29, 1.82) is 5.26 Å². The summed E-state index contributed by atoms with van der Waals surface area (Å²) in [5.41, 5.74) is 0.413. The molecule has 2 N–H and O–H groups in total. The van der Waals surface area contributed by atoms with Gasteiger partial charge >= 0.3 is 7.12 Å². The van der Waals surface area contributed by atoms with Crippen LogP contribution in [0.4, 0.5) is 8.78 Å². The molecular formula is C14H10BF2NO3. The van der Waals surface area contributed by atoms with Crippen LogP contribution in [-0.2, 0) is 6.61 Å². The zero-order valence-electron chi connectivity index (χ0n) is 10.8. The molecule has 0 bridgehead atoms. The predicted octanol–water partition coefficient (Wildman–Crippen LogP) is 1.10. The summed E-state index contributed by atoms with van der Waals surface area (Å²) in [6, 6.07) is 8.95. The summed E-state index contributed by atoms with van der Waals surface area (Å²) in [5.74, 6) is -1.52. The van der Waals surface area contributed by atoms with Crippen LogP contribution in [0.5, 0.6) is 5.75 Å². The first-order chi connectivity index (χ1) is 10.0. The Labute approximate surface area is 120 Å². The van der Waals surface area contributed by atoms with Crippen molar-refractivity contribution in [1.82, 2.24) is 0 Å². The first-order valence-electron chi connectivity index (χ1n) is 5.98. The summed E-state index contributed by atoms with van der Waals surface area (Å²) >= 11 is 0.